The molecule has 0 aromatic heterocycles. The van der Waals surface area contributed by atoms with Crippen LogP contribution < -0.4 is 10.6 Å². The van der Waals surface area contributed by atoms with E-state index in [9.17, 15) is 9.59 Å². The van der Waals surface area contributed by atoms with Crippen molar-refractivity contribution >= 4 is 27.7 Å². The zero-order chi connectivity index (χ0) is 16.5. The van der Waals surface area contributed by atoms with E-state index in [1.807, 2.05) is 12.1 Å². The first kappa shape index (κ1) is 18.7. The molecule has 4 nitrogen and oxygen atoms in total. The third kappa shape index (κ3) is 7.07. The van der Waals surface area contributed by atoms with Gasteiger partial charge in [0.2, 0.25) is 11.8 Å². The number of benzene rings is 1. The van der Waals surface area contributed by atoms with Crippen LogP contribution in [0.4, 0.5) is 0 Å². The number of hydrogen-bond donors (Lipinski definition) is 2. The summed E-state index contributed by atoms with van der Waals surface area (Å²) < 4.78 is 1.04. The van der Waals surface area contributed by atoms with Crippen molar-refractivity contribution in [1.82, 2.24) is 10.6 Å². The van der Waals surface area contributed by atoms with Gasteiger partial charge in [0, 0.05) is 30.9 Å². The summed E-state index contributed by atoms with van der Waals surface area (Å²) >= 11 is 3.43. The van der Waals surface area contributed by atoms with Gasteiger partial charge in [-0.3, -0.25) is 9.59 Å². The molecular formula is C17H25BrN2O2. The van der Waals surface area contributed by atoms with E-state index in [4.69, 9.17) is 0 Å². The number of amides is 2. The normalized spacial score (nSPS) is 12.0. The Bertz CT molecular complexity index is 486. The molecule has 1 aromatic rings. The van der Waals surface area contributed by atoms with Crippen molar-refractivity contribution in [2.24, 2.45) is 5.92 Å². The maximum Gasteiger partial charge on any atom is 0.220 e. The van der Waals surface area contributed by atoms with E-state index >= 15 is 0 Å². The van der Waals surface area contributed by atoms with Gasteiger partial charge in [-0.15, -0.1) is 0 Å². The molecular weight excluding hydrogens is 344 g/mol. The first-order valence-corrected chi connectivity index (χ1v) is 8.46. The molecule has 2 amide bonds. The van der Waals surface area contributed by atoms with Crippen LogP contribution in [0.15, 0.2) is 28.7 Å². The zero-order valence-electron chi connectivity index (χ0n) is 13.5. The molecule has 0 aliphatic rings. The van der Waals surface area contributed by atoms with Crippen LogP contribution in [0.2, 0.25) is 0 Å². The molecule has 0 bridgehead atoms. The predicted octanol–water partition coefficient (Wildman–Crippen LogP) is 3.22. The quantitative estimate of drug-likeness (QED) is 0.692. The molecule has 0 saturated heterocycles. The SMILES string of the molecule is CC(=O)NCCCNC(=O)CC(c1ccc(Br)cc1)C(C)C. The number of carbonyl (C=O) groups excluding carboxylic acids is 2. The lowest BCUT2D eigenvalue weighted by Gasteiger charge is -2.21. The van der Waals surface area contributed by atoms with Crippen molar-refractivity contribution in [3.63, 3.8) is 0 Å². The molecule has 1 aromatic carbocycles. The molecule has 2 N–H and O–H groups in total. The Morgan fingerprint density at radius 3 is 2.23 bits per heavy atom. The largest absolute Gasteiger partial charge is 0.356 e. The number of hydrogen-bond acceptors (Lipinski definition) is 2. The van der Waals surface area contributed by atoms with Crippen LogP contribution in [-0.2, 0) is 9.59 Å². The van der Waals surface area contributed by atoms with Gasteiger partial charge in [0.15, 0.2) is 0 Å². The van der Waals surface area contributed by atoms with Crippen LogP contribution in [0.3, 0.4) is 0 Å². The van der Waals surface area contributed by atoms with E-state index in [-0.39, 0.29) is 17.7 Å². The van der Waals surface area contributed by atoms with Crippen LogP contribution in [0, 0.1) is 5.92 Å². The summed E-state index contributed by atoms with van der Waals surface area (Å²) in [6.07, 6.45) is 1.23. The molecule has 0 radical (unpaired) electrons. The molecule has 5 heteroatoms. The lowest BCUT2D eigenvalue weighted by atomic mass is 9.85. The fraction of sp³-hybridized carbons (Fsp3) is 0.529. The fourth-order valence-corrected chi connectivity index (χ4v) is 2.57. The van der Waals surface area contributed by atoms with Crippen LogP contribution in [0.1, 0.15) is 45.1 Å². The maximum absolute atomic E-state index is 12.1. The predicted molar refractivity (Wildman–Crippen MR) is 92.6 cm³/mol. The summed E-state index contributed by atoms with van der Waals surface area (Å²) in [7, 11) is 0. The summed E-state index contributed by atoms with van der Waals surface area (Å²) in [6.45, 7) is 6.94. The Morgan fingerprint density at radius 2 is 1.68 bits per heavy atom. The summed E-state index contributed by atoms with van der Waals surface area (Å²) in [4.78, 5) is 22.8. The van der Waals surface area contributed by atoms with Crippen LogP contribution in [-0.4, -0.2) is 24.9 Å². The average Bonchev–Trinajstić information content (AvgIpc) is 2.45. The van der Waals surface area contributed by atoms with E-state index < -0.39 is 0 Å². The van der Waals surface area contributed by atoms with Gasteiger partial charge in [0.1, 0.15) is 0 Å². The third-order valence-corrected chi connectivity index (χ3v) is 4.09. The standard InChI is InChI=1S/C17H25BrN2O2/c1-12(2)16(14-5-7-15(18)8-6-14)11-17(22)20-10-4-9-19-13(3)21/h5-8,12,16H,4,9-11H2,1-3H3,(H,19,21)(H,20,22). The van der Waals surface area contributed by atoms with Gasteiger partial charge in [0.25, 0.3) is 0 Å². The van der Waals surface area contributed by atoms with Crippen molar-refractivity contribution < 1.29 is 9.59 Å². The highest BCUT2D eigenvalue weighted by Crippen LogP contribution is 2.28. The lowest BCUT2D eigenvalue weighted by molar-refractivity contribution is -0.121. The van der Waals surface area contributed by atoms with Crippen LogP contribution >= 0.6 is 15.9 Å². The molecule has 0 heterocycles. The molecule has 0 saturated carbocycles. The van der Waals surface area contributed by atoms with Crippen molar-refractivity contribution in [1.29, 1.82) is 0 Å². The van der Waals surface area contributed by atoms with E-state index in [0.29, 0.717) is 25.4 Å². The van der Waals surface area contributed by atoms with Gasteiger partial charge in [-0.25, -0.2) is 0 Å². The minimum absolute atomic E-state index is 0.0403. The Kier molecular flexibility index (Phi) is 8.17. The topological polar surface area (TPSA) is 58.2 Å². The summed E-state index contributed by atoms with van der Waals surface area (Å²) in [5.41, 5.74) is 1.19. The van der Waals surface area contributed by atoms with Crippen molar-refractivity contribution in [2.45, 2.75) is 39.5 Å². The van der Waals surface area contributed by atoms with Crippen LogP contribution in [0.25, 0.3) is 0 Å². The van der Waals surface area contributed by atoms with Crippen molar-refractivity contribution in [3.05, 3.63) is 34.3 Å². The number of halogens is 1. The Labute approximate surface area is 141 Å². The fourth-order valence-electron chi connectivity index (χ4n) is 2.30. The summed E-state index contributed by atoms with van der Waals surface area (Å²) in [5.74, 6) is 0.626. The Morgan fingerprint density at radius 1 is 1.09 bits per heavy atom. The second kappa shape index (κ2) is 9.62. The maximum atomic E-state index is 12.1. The minimum atomic E-state index is -0.0403. The number of nitrogens with one attached hydrogen (secondary N) is 2. The third-order valence-electron chi connectivity index (χ3n) is 3.56. The Hall–Kier alpha value is -1.36. The van der Waals surface area contributed by atoms with Gasteiger partial charge in [-0.05, 0) is 36.0 Å². The van der Waals surface area contributed by atoms with Gasteiger partial charge < -0.3 is 10.6 Å². The van der Waals surface area contributed by atoms with Gasteiger partial charge in [0.05, 0.1) is 0 Å². The van der Waals surface area contributed by atoms with E-state index in [1.165, 1.54) is 12.5 Å². The van der Waals surface area contributed by atoms with Crippen LogP contribution in [0.5, 0.6) is 0 Å². The Balaban J connectivity index is 2.44. The average molecular weight is 369 g/mol. The molecule has 0 aliphatic carbocycles. The molecule has 22 heavy (non-hydrogen) atoms. The smallest absolute Gasteiger partial charge is 0.220 e. The van der Waals surface area contributed by atoms with Crippen molar-refractivity contribution in [2.75, 3.05) is 13.1 Å². The summed E-state index contributed by atoms with van der Waals surface area (Å²) in [6, 6.07) is 8.16. The monoisotopic (exact) mass is 368 g/mol. The first-order valence-electron chi connectivity index (χ1n) is 7.66. The molecule has 122 valence electrons. The molecule has 1 rings (SSSR count). The zero-order valence-corrected chi connectivity index (χ0v) is 15.1. The van der Waals surface area contributed by atoms with E-state index in [0.717, 1.165) is 10.9 Å². The highest BCUT2D eigenvalue weighted by Gasteiger charge is 2.19. The summed E-state index contributed by atoms with van der Waals surface area (Å²) in [5, 5.41) is 5.64. The highest BCUT2D eigenvalue weighted by molar-refractivity contribution is 9.10. The first-order chi connectivity index (χ1) is 10.4. The molecule has 0 aliphatic heterocycles. The minimum Gasteiger partial charge on any atom is -0.356 e. The van der Waals surface area contributed by atoms with Gasteiger partial charge in [-0.1, -0.05) is 41.9 Å². The lowest BCUT2D eigenvalue weighted by Crippen LogP contribution is -2.30. The molecule has 0 spiro atoms. The second-order valence-corrected chi connectivity index (χ2v) is 6.71. The highest BCUT2D eigenvalue weighted by atomic mass is 79.9. The number of carbonyl (C=O) groups is 2. The number of rotatable bonds is 8. The van der Waals surface area contributed by atoms with Gasteiger partial charge in [-0.2, -0.15) is 0 Å². The van der Waals surface area contributed by atoms with Crippen molar-refractivity contribution in [3.8, 4) is 0 Å². The van der Waals surface area contributed by atoms with Gasteiger partial charge >= 0.3 is 0 Å². The van der Waals surface area contributed by atoms with E-state index in [2.05, 4.69) is 52.5 Å². The molecule has 1 atom stereocenters. The second-order valence-electron chi connectivity index (χ2n) is 5.79. The molecule has 0 fully saturated rings. The molecule has 1 unspecified atom stereocenters. The van der Waals surface area contributed by atoms with E-state index in [1.54, 1.807) is 0 Å².